The van der Waals surface area contributed by atoms with Crippen LogP contribution in [-0.4, -0.2) is 11.8 Å². The number of primary amides is 1. The summed E-state index contributed by atoms with van der Waals surface area (Å²) in [4.78, 5) is 23.9. The van der Waals surface area contributed by atoms with E-state index in [9.17, 15) is 14.9 Å². The summed E-state index contributed by atoms with van der Waals surface area (Å²) in [6.45, 7) is 5.77. The summed E-state index contributed by atoms with van der Waals surface area (Å²) >= 11 is 0. The number of rotatable bonds is 5. The standard InChI is InChI=1S/C20H20N4O2/c1-12-8-13(2)18(14(3)9-12)24-20(26)15(10-21)11-23-17-7-5-4-6-16(17)19(22)25/h4-9,11,23H,1-3H3,(H2,22,25)(H,24,26)/b15-11-. The van der Waals surface area contributed by atoms with E-state index in [1.165, 1.54) is 6.20 Å². The maximum Gasteiger partial charge on any atom is 0.267 e. The molecule has 0 unspecified atom stereocenters. The highest BCUT2D eigenvalue weighted by molar-refractivity contribution is 6.07. The minimum atomic E-state index is -0.602. The van der Waals surface area contributed by atoms with Crippen LogP contribution in [0.2, 0.25) is 0 Å². The number of carbonyl (C=O) groups is 2. The molecule has 2 rings (SSSR count). The molecule has 0 bridgehead atoms. The van der Waals surface area contributed by atoms with Crippen molar-refractivity contribution < 1.29 is 9.59 Å². The van der Waals surface area contributed by atoms with E-state index in [-0.39, 0.29) is 11.1 Å². The summed E-state index contributed by atoms with van der Waals surface area (Å²) in [6.07, 6.45) is 1.26. The van der Waals surface area contributed by atoms with Crippen LogP contribution in [0.1, 0.15) is 27.0 Å². The van der Waals surface area contributed by atoms with Gasteiger partial charge in [-0.1, -0.05) is 29.8 Å². The molecule has 0 spiro atoms. The van der Waals surface area contributed by atoms with Gasteiger partial charge in [-0.2, -0.15) is 5.26 Å². The van der Waals surface area contributed by atoms with Crippen LogP contribution in [0.4, 0.5) is 11.4 Å². The molecule has 0 aliphatic heterocycles. The van der Waals surface area contributed by atoms with Crippen molar-refractivity contribution in [2.75, 3.05) is 10.6 Å². The third-order valence-electron chi connectivity index (χ3n) is 3.85. The maximum atomic E-state index is 12.4. The summed E-state index contributed by atoms with van der Waals surface area (Å²) in [5.74, 6) is -1.14. The van der Waals surface area contributed by atoms with E-state index in [1.807, 2.05) is 39.0 Å². The average molecular weight is 348 g/mol. The Morgan fingerprint density at radius 3 is 2.31 bits per heavy atom. The van der Waals surface area contributed by atoms with Crippen molar-refractivity contribution in [1.29, 1.82) is 5.26 Å². The molecule has 2 amide bonds. The molecule has 0 saturated carbocycles. The Morgan fingerprint density at radius 2 is 1.73 bits per heavy atom. The summed E-state index contributed by atoms with van der Waals surface area (Å²) in [6, 6.07) is 12.4. The maximum absolute atomic E-state index is 12.4. The molecule has 0 heterocycles. The van der Waals surface area contributed by atoms with E-state index in [2.05, 4.69) is 10.6 Å². The Morgan fingerprint density at radius 1 is 1.12 bits per heavy atom. The number of para-hydroxylation sites is 1. The van der Waals surface area contributed by atoms with Crippen molar-refractivity contribution in [3.63, 3.8) is 0 Å². The molecule has 0 aromatic heterocycles. The van der Waals surface area contributed by atoms with Crippen LogP contribution in [0.15, 0.2) is 48.2 Å². The zero-order chi connectivity index (χ0) is 19.3. The van der Waals surface area contributed by atoms with E-state index in [0.29, 0.717) is 11.4 Å². The lowest BCUT2D eigenvalue weighted by Gasteiger charge is -2.12. The van der Waals surface area contributed by atoms with E-state index in [0.717, 1.165) is 16.7 Å². The molecular weight excluding hydrogens is 328 g/mol. The highest BCUT2D eigenvalue weighted by Crippen LogP contribution is 2.22. The van der Waals surface area contributed by atoms with Crippen molar-refractivity contribution in [2.45, 2.75) is 20.8 Å². The normalized spacial score (nSPS) is 10.8. The van der Waals surface area contributed by atoms with Gasteiger partial charge in [0, 0.05) is 11.9 Å². The SMILES string of the molecule is Cc1cc(C)c(NC(=O)/C(C#N)=C\Nc2ccccc2C(N)=O)c(C)c1. The molecule has 132 valence electrons. The van der Waals surface area contributed by atoms with E-state index < -0.39 is 11.8 Å². The number of amides is 2. The fraction of sp³-hybridized carbons (Fsp3) is 0.150. The van der Waals surface area contributed by atoms with Gasteiger partial charge < -0.3 is 16.4 Å². The lowest BCUT2D eigenvalue weighted by atomic mass is 10.0. The molecular formula is C20H20N4O2. The Hall–Kier alpha value is -3.59. The Kier molecular flexibility index (Phi) is 5.76. The number of nitrogens with two attached hydrogens (primary N) is 1. The number of nitrogens with one attached hydrogen (secondary N) is 2. The molecule has 0 aliphatic carbocycles. The molecule has 0 saturated heterocycles. The van der Waals surface area contributed by atoms with Gasteiger partial charge in [0.15, 0.2) is 0 Å². The van der Waals surface area contributed by atoms with E-state index in [4.69, 9.17) is 5.73 Å². The van der Waals surface area contributed by atoms with Crippen molar-refractivity contribution in [3.8, 4) is 6.07 Å². The Labute approximate surface area is 152 Å². The van der Waals surface area contributed by atoms with Gasteiger partial charge in [-0.15, -0.1) is 0 Å². The first-order valence-electron chi connectivity index (χ1n) is 7.98. The van der Waals surface area contributed by atoms with Gasteiger partial charge in [0.05, 0.1) is 11.3 Å². The second-order valence-corrected chi connectivity index (χ2v) is 5.95. The van der Waals surface area contributed by atoms with E-state index >= 15 is 0 Å². The molecule has 2 aromatic carbocycles. The van der Waals surface area contributed by atoms with Crippen molar-refractivity contribution >= 4 is 23.2 Å². The number of benzene rings is 2. The van der Waals surface area contributed by atoms with Crippen LogP contribution in [-0.2, 0) is 4.79 Å². The summed E-state index contributed by atoms with van der Waals surface area (Å²) in [7, 11) is 0. The topological polar surface area (TPSA) is 108 Å². The largest absolute Gasteiger partial charge is 0.366 e. The van der Waals surface area contributed by atoms with Crippen LogP contribution in [0.25, 0.3) is 0 Å². The molecule has 0 radical (unpaired) electrons. The molecule has 26 heavy (non-hydrogen) atoms. The van der Waals surface area contributed by atoms with Gasteiger partial charge in [-0.05, 0) is 44.0 Å². The lowest BCUT2D eigenvalue weighted by molar-refractivity contribution is -0.112. The monoisotopic (exact) mass is 348 g/mol. The Bertz CT molecular complexity index is 916. The number of aryl methyl sites for hydroxylation is 3. The van der Waals surface area contributed by atoms with Gasteiger partial charge in [0.1, 0.15) is 11.6 Å². The average Bonchev–Trinajstić information content (AvgIpc) is 2.58. The van der Waals surface area contributed by atoms with Crippen LogP contribution in [0.3, 0.4) is 0 Å². The predicted molar refractivity (Wildman–Crippen MR) is 102 cm³/mol. The van der Waals surface area contributed by atoms with Gasteiger partial charge in [0.2, 0.25) is 0 Å². The quantitative estimate of drug-likeness (QED) is 0.569. The summed E-state index contributed by atoms with van der Waals surface area (Å²) < 4.78 is 0. The second-order valence-electron chi connectivity index (χ2n) is 5.95. The third kappa shape index (κ3) is 4.28. The molecule has 2 aromatic rings. The number of hydrogen-bond donors (Lipinski definition) is 3. The zero-order valence-electron chi connectivity index (χ0n) is 14.9. The second kappa shape index (κ2) is 7.99. The highest BCUT2D eigenvalue weighted by atomic mass is 16.2. The van der Waals surface area contributed by atoms with Crippen LogP contribution in [0, 0.1) is 32.1 Å². The number of nitriles is 1. The molecule has 6 heteroatoms. The molecule has 0 atom stereocenters. The molecule has 0 aliphatic rings. The number of anilines is 2. The van der Waals surface area contributed by atoms with Crippen molar-refractivity contribution in [2.24, 2.45) is 5.73 Å². The van der Waals surface area contributed by atoms with Crippen LogP contribution >= 0.6 is 0 Å². The minimum absolute atomic E-state index is 0.122. The number of hydrogen-bond acceptors (Lipinski definition) is 4. The minimum Gasteiger partial charge on any atom is -0.366 e. The van der Waals surface area contributed by atoms with Gasteiger partial charge in [-0.25, -0.2) is 0 Å². The first kappa shape index (κ1) is 18.7. The van der Waals surface area contributed by atoms with Crippen molar-refractivity contribution in [3.05, 3.63) is 70.4 Å². The van der Waals surface area contributed by atoms with Crippen LogP contribution < -0.4 is 16.4 Å². The first-order chi connectivity index (χ1) is 12.3. The lowest BCUT2D eigenvalue weighted by Crippen LogP contribution is -2.17. The van der Waals surface area contributed by atoms with Crippen LogP contribution in [0.5, 0.6) is 0 Å². The fourth-order valence-corrected chi connectivity index (χ4v) is 2.68. The van der Waals surface area contributed by atoms with Crippen molar-refractivity contribution in [1.82, 2.24) is 0 Å². The van der Waals surface area contributed by atoms with Gasteiger partial charge in [0.25, 0.3) is 11.8 Å². The molecule has 4 N–H and O–H groups in total. The van der Waals surface area contributed by atoms with Gasteiger partial charge >= 0.3 is 0 Å². The zero-order valence-corrected chi connectivity index (χ0v) is 14.9. The predicted octanol–water partition coefficient (Wildman–Crippen LogP) is 3.17. The number of carbonyl (C=O) groups excluding carboxylic acids is 2. The molecule has 0 fully saturated rings. The fourth-order valence-electron chi connectivity index (χ4n) is 2.68. The van der Waals surface area contributed by atoms with E-state index in [1.54, 1.807) is 24.3 Å². The third-order valence-corrected chi connectivity index (χ3v) is 3.85. The van der Waals surface area contributed by atoms with Gasteiger partial charge in [-0.3, -0.25) is 9.59 Å². The molecule has 6 nitrogen and oxygen atoms in total. The highest BCUT2D eigenvalue weighted by Gasteiger charge is 2.13. The first-order valence-corrected chi connectivity index (χ1v) is 7.98. The summed E-state index contributed by atoms with van der Waals surface area (Å²) in [5.41, 5.74) is 9.49. The smallest absolute Gasteiger partial charge is 0.267 e. The Balaban J connectivity index is 2.24. The number of nitrogens with zero attached hydrogens (tertiary/aromatic N) is 1. The summed E-state index contributed by atoms with van der Waals surface area (Å²) in [5, 5.41) is 14.9.